The van der Waals surface area contributed by atoms with E-state index in [9.17, 15) is 10.1 Å². The van der Waals surface area contributed by atoms with Crippen molar-refractivity contribution >= 4 is 11.5 Å². The van der Waals surface area contributed by atoms with Crippen molar-refractivity contribution in [2.45, 2.75) is 38.1 Å². The minimum Gasteiger partial charge on any atom is -0.379 e. The van der Waals surface area contributed by atoms with E-state index >= 15 is 0 Å². The van der Waals surface area contributed by atoms with Crippen LogP contribution in [0.5, 0.6) is 0 Å². The van der Waals surface area contributed by atoms with E-state index in [1.807, 2.05) is 6.07 Å². The van der Waals surface area contributed by atoms with Crippen LogP contribution in [0.25, 0.3) is 0 Å². The normalized spacial score (nSPS) is 22.0. The van der Waals surface area contributed by atoms with Gasteiger partial charge in [-0.1, -0.05) is 6.42 Å². The molecule has 4 heterocycles. The van der Waals surface area contributed by atoms with Crippen LogP contribution in [-0.4, -0.2) is 73.3 Å². The number of hydrogen-bond donors (Lipinski definition) is 1. The molecule has 3 fully saturated rings. The molecule has 0 bridgehead atoms. The Morgan fingerprint density at radius 1 is 1.07 bits per heavy atom. The van der Waals surface area contributed by atoms with E-state index in [2.05, 4.69) is 20.1 Å². The molecule has 3 saturated heterocycles. The first-order valence-corrected chi connectivity index (χ1v) is 10.1. The zero-order valence-electron chi connectivity index (χ0n) is 16.0. The van der Waals surface area contributed by atoms with Crippen molar-refractivity contribution in [1.29, 1.82) is 0 Å². The summed E-state index contributed by atoms with van der Waals surface area (Å²) in [5.41, 5.74) is 0.998. The fraction of sp³-hybridized carbons (Fsp3) is 0.737. The molecule has 0 amide bonds. The van der Waals surface area contributed by atoms with E-state index in [4.69, 9.17) is 4.74 Å². The van der Waals surface area contributed by atoms with Crippen molar-refractivity contribution in [3.63, 3.8) is 0 Å². The summed E-state index contributed by atoms with van der Waals surface area (Å²) in [6.07, 6.45) is 8.04. The highest BCUT2D eigenvalue weighted by Gasteiger charge is 2.26. The van der Waals surface area contributed by atoms with E-state index in [1.165, 1.54) is 51.3 Å². The third-order valence-electron chi connectivity index (χ3n) is 5.50. The first-order chi connectivity index (χ1) is 13.2. The maximum absolute atomic E-state index is 10.6. The average molecular weight is 377 g/mol. The van der Waals surface area contributed by atoms with Gasteiger partial charge in [-0.15, -0.1) is 0 Å². The second-order valence-corrected chi connectivity index (χ2v) is 7.31. The number of anilines is 1. The number of morpholine rings is 1. The lowest BCUT2D eigenvalue weighted by atomic mass is 9.99. The molecule has 0 saturated carbocycles. The third kappa shape index (κ3) is 6.12. The van der Waals surface area contributed by atoms with Crippen molar-refractivity contribution in [2.24, 2.45) is 0 Å². The van der Waals surface area contributed by atoms with Crippen molar-refractivity contribution < 1.29 is 9.66 Å². The summed E-state index contributed by atoms with van der Waals surface area (Å²) >= 11 is 0. The number of piperidine rings is 2. The number of nitrogens with zero attached hydrogens (tertiary/aromatic N) is 4. The number of likely N-dealkylation sites (tertiary alicyclic amines) is 1. The van der Waals surface area contributed by atoms with Gasteiger partial charge in [0.2, 0.25) is 0 Å². The molecule has 1 aromatic heterocycles. The summed E-state index contributed by atoms with van der Waals surface area (Å²) in [6.45, 7) is 8.37. The average Bonchev–Trinajstić information content (AvgIpc) is 2.76. The van der Waals surface area contributed by atoms with Gasteiger partial charge in [0.25, 0.3) is 0 Å². The molecule has 3 aliphatic rings. The zero-order valence-corrected chi connectivity index (χ0v) is 16.0. The van der Waals surface area contributed by atoms with Crippen LogP contribution in [-0.2, 0) is 4.74 Å². The number of hydrogen-bond acceptors (Lipinski definition) is 7. The van der Waals surface area contributed by atoms with Gasteiger partial charge in [-0.05, 0) is 54.7 Å². The molecular weight excluding hydrogens is 346 g/mol. The van der Waals surface area contributed by atoms with Crippen molar-refractivity contribution in [3.8, 4) is 0 Å². The van der Waals surface area contributed by atoms with Crippen LogP contribution in [0.4, 0.5) is 11.5 Å². The second-order valence-electron chi connectivity index (χ2n) is 7.31. The van der Waals surface area contributed by atoms with Gasteiger partial charge in [-0.2, -0.15) is 0 Å². The lowest BCUT2D eigenvalue weighted by Gasteiger charge is -2.40. The van der Waals surface area contributed by atoms with Gasteiger partial charge < -0.3 is 30.0 Å². The Labute approximate surface area is 161 Å². The van der Waals surface area contributed by atoms with Gasteiger partial charge >= 0.3 is 5.82 Å². The van der Waals surface area contributed by atoms with Crippen molar-refractivity contribution in [3.05, 3.63) is 28.4 Å². The molecule has 150 valence electrons. The van der Waals surface area contributed by atoms with Gasteiger partial charge in [0.1, 0.15) is 0 Å². The van der Waals surface area contributed by atoms with Crippen LogP contribution in [0.15, 0.2) is 18.3 Å². The Balaban J connectivity index is 0.000000299. The quantitative estimate of drug-likeness (QED) is 0.637. The van der Waals surface area contributed by atoms with Crippen LogP contribution in [0.1, 0.15) is 32.1 Å². The second kappa shape index (κ2) is 10.5. The molecule has 4 rings (SSSR count). The molecule has 8 nitrogen and oxygen atoms in total. The van der Waals surface area contributed by atoms with Crippen LogP contribution in [0.2, 0.25) is 0 Å². The molecule has 0 radical (unpaired) electrons. The lowest BCUT2D eigenvalue weighted by molar-refractivity contribution is -0.389. The van der Waals surface area contributed by atoms with Gasteiger partial charge in [0, 0.05) is 38.3 Å². The molecule has 0 aliphatic carbocycles. The summed E-state index contributed by atoms with van der Waals surface area (Å²) in [6, 6.07) is 4.02. The number of nitro groups is 1. The smallest absolute Gasteiger partial charge is 0.363 e. The predicted octanol–water partition coefficient (Wildman–Crippen LogP) is 2.05. The van der Waals surface area contributed by atoms with E-state index in [0.717, 1.165) is 45.1 Å². The molecular formula is C19H31N5O3. The monoisotopic (exact) mass is 377 g/mol. The highest BCUT2D eigenvalue weighted by molar-refractivity contribution is 5.46. The van der Waals surface area contributed by atoms with Crippen LogP contribution < -0.4 is 10.2 Å². The summed E-state index contributed by atoms with van der Waals surface area (Å²) in [7, 11) is 0. The number of ether oxygens (including phenoxy) is 1. The summed E-state index contributed by atoms with van der Waals surface area (Å²) < 4.78 is 5.01. The highest BCUT2D eigenvalue weighted by Crippen LogP contribution is 2.25. The molecule has 8 heteroatoms. The molecule has 1 aromatic rings. The Morgan fingerprint density at radius 3 is 2.26 bits per heavy atom. The molecule has 3 aliphatic heterocycles. The number of pyridine rings is 1. The van der Waals surface area contributed by atoms with E-state index in [-0.39, 0.29) is 5.82 Å². The number of nitrogens with one attached hydrogen (secondary N) is 1. The minimum absolute atomic E-state index is 0.0815. The number of aromatic nitrogens is 1. The summed E-state index contributed by atoms with van der Waals surface area (Å²) in [4.78, 5) is 19.0. The fourth-order valence-electron chi connectivity index (χ4n) is 3.96. The van der Waals surface area contributed by atoms with Gasteiger partial charge in [0.05, 0.1) is 18.9 Å². The largest absolute Gasteiger partial charge is 0.379 e. The zero-order chi connectivity index (χ0) is 18.9. The maximum atomic E-state index is 10.6. The van der Waals surface area contributed by atoms with Crippen LogP contribution >= 0.6 is 0 Å². The lowest BCUT2D eigenvalue weighted by Crippen LogP contribution is -2.46. The van der Waals surface area contributed by atoms with E-state index < -0.39 is 4.92 Å². The topological polar surface area (TPSA) is 83.8 Å². The molecule has 1 N–H and O–H groups in total. The predicted molar refractivity (Wildman–Crippen MR) is 105 cm³/mol. The standard InChI is InChI=1S/C15H22N4O2.C4H9NO/c20-19(21)15-5-4-14(12-16-15)18-10-6-13(7-11-18)17-8-2-1-3-9-17;1-3-6-4-2-5-1/h4-5,12-13H,1-3,6-11H2;5H,1-4H2. The number of rotatable bonds is 3. The van der Waals surface area contributed by atoms with E-state index in [0.29, 0.717) is 6.04 Å². The van der Waals surface area contributed by atoms with E-state index in [1.54, 1.807) is 6.20 Å². The Morgan fingerprint density at radius 2 is 1.78 bits per heavy atom. The SMILES string of the molecule is C1COCCN1.O=[N+]([O-])c1ccc(N2CCC(N3CCCCC3)CC2)cn1. The minimum atomic E-state index is -0.452. The molecule has 0 spiro atoms. The van der Waals surface area contributed by atoms with Crippen LogP contribution in [0, 0.1) is 10.1 Å². The summed E-state index contributed by atoms with van der Waals surface area (Å²) in [5.74, 6) is -0.0815. The molecule has 0 unspecified atom stereocenters. The fourth-order valence-corrected chi connectivity index (χ4v) is 3.96. The molecule has 0 aromatic carbocycles. The highest BCUT2D eigenvalue weighted by atomic mass is 16.6. The van der Waals surface area contributed by atoms with Crippen molar-refractivity contribution in [1.82, 2.24) is 15.2 Å². The molecule has 27 heavy (non-hydrogen) atoms. The first kappa shape index (κ1) is 20.0. The Kier molecular flexibility index (Phi) is 7.79. The van der Waals surface area contributed by atoms with Gasteiger partial charge in [-0.3, -0.25) is 0 Å². The molecule has 0 atom stereocenters. The Hall–Kier alpha value is -1.77. The van der Waals surface area contributed by atoms with Gasteiger partial charge in [0.15, 0.2) is 6.20 Å². The Bertz CT molecular complexity index is 554. The van der Waals surface area contributed by atoms with Crippen LogP contribution in [0.3, 0.4) is 0 Å². The van der Waals surface area contributed by atoms with Crippen molar-refractivity contribution in [2.75, 3.05) is 57.4 Å². The van der Waals surface area contributed by atoms with Gasteiger partial charge in [-0.25, -0.2) is 0 Å². The first-order valence-electron chi connectivity index (χ1n) is 10.1. The third-order valence-corrected chi connectivity index (χ3v) is 5.50. The maximum Gasteiger partial charge on any atom is 0.363 e. The summed E-state index contributed by atoms with van der Waals surface area (Å²) in [5, 5.41) is 13.8.